The van der Waals surface area contributed by atoms with Gasteiger partial charge in [-0.3, -0.25) is 14.5 Å². The average Bonchev–Trinajstić information content (AvgIpc) is 2.87. The fourth-order valence-corrected chi connectivity index (χ4v) is 3.45. The number of nitrogens with one attached hydrogen (secondary N) is 1. The lowest BCUT2D eigenvalue weighted by atomic mass is 9.91. The zero-order chi connectivity index (χ0) is 20.5. The monoisotopic (exact) mass is 379 g/mol. The van der Waals surface area contributed by atoms with Crippen LogP contribution in [0.1, 0.15) is 31.9 Å². The zero-order valence-electron chi connectivity index (χ0n) is 16.6. The second-order valence-electron chi connectivity index (χ2n) is 7.51. The quantitative estimate of drug-likeness (QED) is 0.811. The molecular weight excluding hydrogens is 354 g/mol. The minimum Gasteiger partial charge on any atom is -0.319 e. The van der Waals surface area contributed by atoms with E-state index in [-0.39, 0.29) is 18.5 Å². The van der Waals surface area contributed by atoms with Gasteiger partial charge in [-0.25, -0.2) is 4.79 Å². The Kier molecular flexibility index (Phi) is 5.23. The van der Waals surface area contributed by atoms with Crippen LogP contribution in [-0.4, -0.2) is 35.3 Å². The number of carbonyl (C=O) groups is 3. The summed E-state index contributed by atoms with van der Waals surface area (Å²) in [5.41, 5.74) is 1.30. The van der Waals surface area contributed by atoms with Gasteiger partial charge in [0.1, 0.15) is 12.1 Å². The Hall–Kier alpha value is -3.15. The van der Waals surface area contributed by atoms with E-state index in [0.29, 0.717) is 5.56 Å². The highest BCUT2D eigenvalue weighted by Crippen LogP contribution is 2.29. The number of rotatable bonds is 5. The van der Waals surface area contributed by atoms with E-state index < -0.39 is 17.5 Å². The van der Waals surface area contributed by atoms with Crippen molar-refractivity contribution >= 4 is 23.5 Å². The topological polar surface area (TPSA) is 69.7 Å². The van der Waals surface area contributed by atoms with Crippen molar-refractivity contribution in [3.8, 4) is 0 Å². The molecule has 2 aromatic rings. The molecule has 146 valence electrons. The van der Waals surface area contributed by atoms with E-state index in [1.54, 1.807) is 11.8 Å². The summed E-state index contributed by atoms with van der Waals surface area (Å²) in [5.74, 6) is -0.732. The maximum absolute atomic E-state index is 13.1. The Morgan fingerprint density at radius 2 is 1.68 bits per heavy atom. The number of anilines is 1. The third-order valence-electron chi connectivity index (χ3n) is 5.02. The van der Waals surface area contributed by atoms with Crippen molar-refractivity contribution in [1.29, 1.82) is 0 Å². The minimum absolute atomic E-state index is 0.112. The van der Waals surface area contributed by atoms with Crippen molar-refractivity contribution in [2.24, 2.45) is 0 Å². The van der Waals surface area contributed by atoms with E-state index in [4.69, 9.17) is 0 Å². The lowest BCUT2D eigenvalue weighted by Crippen LogP contribution is -2.46. The van der Waals surface area contributed by atoms with Crippen LogP contribution in [0.4, 0.5) is 10.5 Å². The van der Waals surface area contributed by atoms with Crippen molar-refractivity contribution < 1.29 is 14.4 Å². The second-order valence-corrected chi connectivity index (χ2v) is 7.51. The highest BCUT2D eigenvalue weighted by Gasteiger charge is 2.49. The van der Waals surface area contributed by atoms with Crippen molar-refractivity contribution in [2.75, 3.05) is 11.4 Å². The lowest BCUT2D eigenvalue weighted by molar-refractivity contribution is -0.134. The molecule has 28 heavy (non-hydrogen) atoms. The number of aryl methyl sites for hydroxylation is 1. The van der Waals surface area contributed by atoms with Gasteiger partial charge in [0.25, 0.3) is 5.91 Å². The van der Waals surface area contributed by atoms with Crippen LogP contribution in [0.25, 0.3) is 0 Å². The number of imide groups is 1. The van der Waals surface area contributed by atoms with Crippen LogP contribution in [0.15, 0.2) is 54.6 Å². The summed E-state index contributed by atoms with van der Waals surface area (Å²) in [6.07, 6.45) is 0. The van der Waals surface area contributed by atoms with Gasteiger partial charge >= 0.3 is 6.03 Å². The van der Waals surface area contributed by atoms with Crippen LogP contribution < -0.4 is 10.2 Å². The molecule has 3 rings (SSSR count). The molecule has 4 amide bonds. The van der Waals surface area contributed by atoms with Gasteiger partial charge in [0.2, 0.25) is 5.91 Å². The van der Waals surface area contributed by atoms with Gasteiger partial charge in [-0.1, -0.05) is 48.0 Å². The number of carbonyl (C=O) groups excluding carboxylic acids is 3. The molecule has 0 spiro atoms. The predicted octanol–water partition coefficient (Wildman–Crippen LogP) is 3.20. The fourth-order valence-electron chi connectivity index (χ4n) is 3.45. The molecule has 1 atom stereocenters. The molecule has 1 aliphatic rings. The summed E-state index contributed by atoms with van der Waals surface area (Å²) in [6.45, 7) is 7.11. The van der Waals surface area contributed by atoms with Gasteiger partial charge in [-0.05, 0) is 45.4 Å². The maximum atomic E-state index is 13.1. The van der Waals surface area contributed by atoms with Crippen LogP contribution in [0.5, 0.6) is 0 Å². The molecule has 1 N–H and O–H groups in total. The van der Waals surface area contributed by atoms with E-state index in [1.165, 1.54) is 0 Å². The van der Waals surface area contributed by atoms with Gasteiger partial charge in [-0.2, -0.15) is 0 Å². The van der Waals surface area contributed by atoms with Crippen molar-refractivity contribution in [1.82, 2.24) is 10.2 Å². The third kappa shape index (κ3) is 3.50. The van der Waals surface area contributed by atoms with E-state index in [2.05, 4.69) is 5.32 Å². The number of hydrogen-bond acceptors (Lipinski definition) is 3. The number of benzene rings is 2. The second kappa shape index (κ2) is 7.46. The minimum atomic E-state index is -1.18. The number of urea groups is 1. The molecule has 1 fully saturated rings. The first-order valence-electron chi connectivity index (χ1n) is 9.32. The Morgan fingerprint density at radius 1 is 1.07 bits per heavy atom. The SMILES string of the molecule is Cc1ccc([C@@]2(C)NC(=O)N(CC(=O)N(c3ccccc3)C(C)C)C2=O)cc1. The van der Waals surface area contributed by atoms with Crippen LogP contribution >= 0.6 is 0 Å². The van der Waals surface area contributed by atoms with E-state index in [1.807, 2.05) is 75.4 Å². The van der Waals surface area contributed by atoms with Crippen LogP contribution in [0, 0.1) is 6.92 Å². The van der Waals surface area contributed by atoms with E-state index in [0.717, 1.165) is 16.2 Å². The fraction of sp³-hybridized carbons (Fsp3) is 0.318. The molecule has 0 aliphatic carbocycles. The summed E-state index contributed by atoms with van der Waals surface area (Å²) >= 11 is 0. The molecular formula is C22H25N3O3. The molecule has 0 aromatic heterocycles. The van der Waals surface area contributed by atoms with Crippen molar-refractivity contribution in [3.63, 3.8) is 0 Å². The molecule has 2 aromatic carbocycles. The molecule has 6 heteroatoms. The van der Waals surface area contributed by atoms with Crippen LogP contribution in [-0.2, 0) is 15.1 Å². The van der Waals surface area contributed by atoms with E-state index in [9.17, 15) is 14.4 Å². The summed E-state index contributed by atoms with van der Waals surface area (Å²) < 4.78 is 0. The Balaban J connectivity index is 1.84. The zero-order valence-corrected chi connectivity index (χ0v) is 16.6. The molecule has 1 aliphatic heterocycles. The lowest BCUT2D eigenvalue weighted by Gasteiger charge is -2.28. The first-order chi connectivity index (χ1) is 13.2. The van der Waals surface area contributed by atoms with Gasteiger partial charge in [0.15, 0.2) is 0 Å². The summed E-state index contributed by atoms with van der Waals surface area (Å²) in [6, 6.07) is 16.0. The standard InChI is InChI=1S/C22H25N3O3/c1-15(2)25(18-8-6-5-7-9-18)19(26)14-24-20(27)22(4,23-21(24)28)17-12-10-16(3)11-13-17/h5-13,15H,14H2,1-4H3,(H,23,28)/t22-/m1/s1. The highest BCUT2D eigenvalue weighted by molar-refractivity contribution is 6.10. The maximum Gasteiger partial charge on any atom is 0.325 e. The number of nitrogens with zero attached hydrogens (tertiary/aromatic N) is 2. The molecule has 1 heterocycles. The summed E-state index contributed by atoms with van der Waals surface area (Å²) in [5, 5.41) is 2.75. The Labute approximate surface area is 165 Å². The van der Waals surface area contributed by atoms with Crippen LogP contribution in [0.2, 0.25) is 0 Å². The Morgan fingerprint density at radius 3 is 2.25 bits per heavy atom. The van der Waals surface area contributed by atoms with Crippen LogP contribution in [0.3, 0.4) is 0 Å². The molecule has 0 unspecified atom stereocenters. The molecule has 1 saturated heterocycles. The van der Waals surface area contributed by atoms with Gasteiger partial charge in [0.05, 0.1) is 0 Å². The smallest absolute Gasteiger partial charge is 0.319 e. The average molecular weight is 379 g/mol. The third-order valence-corrected chi connectivity index (χ3v) is 5.02. The first-order valence-corrected chi connectivity index (χ1v) is 9.32. The molecule has 0 radical (unpaired) electrons. The Bertz CT molecular complexity index is 893. The first kappa shape index (κ1) is 19.6. The number of amides is 4. The van der Waals surface area contributed by atoms with Crippen molar-refractivity contribution in [3.05, 3.63) is 65.7 Å². The van der Waals surface area contributed by atoms with Crippen molar-refractivity contribution in [2.45, 2.75) is 39.3 Å². The normalized spacial score (nSPS) is 19.1. The van der Waals surface area contributed by atoms with Gasteiger partial charge in [0, 0.05) is 11.7 Å². The van der Waals surface area contributed by atoms with Gasteiger partial charge < -0.3 is 10.2 Å². The molecule has 6 nitrogen and oxygen atoms in total. The molecule has 0 bridgehead atoms. The summed E-state index contributed by atoms with van der Waals surface area (Å²) in [7, 11) is 0. The number of hydrogen-bond donors (Lipinski definition) is 1. The molecule has 0 saturated carbocycles. The largest absolute Gasteiger partial charge is 0.325 e. The highest BCUT2D eigenvalue weighted by atomic mass is 16.2. The number of para-hydroxylation sites is 1. The van der Waals surface area contributed by atoms with E-state index >= 15 is 0 Å². The summed E-state index contributed by atoms with van der Waals surface area (Å²) in [4.78, 5) is 41.2. The predicted molar refractivity (Wildman–Crippen MR) is 108 cm³/mol. The van der Waals surface area contributed by atoms with Gasteiger partial charge in [-0.15, -0.1) is 0 Å².